The van der Waals surface area contributed by atoms with Crippen molar-refractivity contribution in [2.75, 3.05) is 6.26 Å². The number of nitrogens with one attached hydrogen (secondary N) is 1. The molecule has 0 aliphatic heterocycles. The summed E-state index contributed by atoms with van der Waals surface area (Å²) in [5.74, 6) is -0.233. The van der Waals surface area contributed by atoms with Gasteiger partial charge in [-0.3, -0.25) is 9.78 Å². The normalized spacial score (nSPS) is 12.5. The highest BCUT2D eigenvalue weighted by atomic mass is 32.2. The molecule has 0 saturated carbocycles. The van der Waals surface area contributed by atoms with Crippen LogP contribution in [0.2, 0.25) is 0 Å². The first-order chi connectivity index (χ1) is 14.8. The van der Waals surface area contributed by atoms with Gasteiger partial charge < -0.3 is 5.32 Å². The molecule has 156 valence electrons. The van der Waals surface area contributed by atoms with Crippen LogP contribution >= 0.6 is 0 Å². The van der Waals surface area contributed by atoms with E-state index in [2.05, 4.69) is 15.3 Å². The molecular weight excluding hydrogens is 410 g/mol. The van der Waals surface area contributed by atoms with Crippen molar-refractivity contribution in [2.45, 2.75) is 17.9 Å². The maximum Gasteiger partial charge on any atom is 0.252 e. The van der Waals surface area contributed by atoms with Gasteiger partial charge in [-0.15, -0.1) is 0 Å². The predicted molar refractivity (Wildman–Crippen MR) is 120 cm³/mol. The van der Waals surface area contributed by atoms with Gasteiger partial charge in [-0.1, -0.05) is 30.3 Å². The van der Waals surface area contributed by atoms with Gasteiger partial charge in [-0.05, 0) is 48.9 Å². The third kappa shape index (κ3) is 4.46. The minimum Gasteiger partial charge on any atom is -0.345 e. The lowest BCUT2D eigenvalue weighted by atomic mass is 10.0. The fraction of sp³-hybridized carbons (Fsp3) is 0.125. The summed E-state index contributed by atoms with van der Waals surface area (Å²) in [7, 11) is -3.27. The highest BCUT2D eigenvalue weighted by Crippen LogP contribution is 2.25. The van der Waals surface area contributed by atoms with Gasteiger partial charge in [-0.2, -0.15) is 0 Å². The molecule has 4 rings (SSSR count). The minimum absolute atomic E-state index is 0.233. The van der Waals surface area contributed by atoms with Crippen LogP contribution < -0.4 is 5.32 Å². The first-order valence-electron chi connectivity index (χ1n) is 9.74. The second kappa shape index (κ2) is 8.28. The highest BCUT2D eigenvalue weighted by molar-refractivity contribution is 7.90. The molecule has 1 atom stereocenters. The van der Waals surface area contributed by atoms with Crippen molar-refractivity contribution in [3.63, 3.8) is 0 Å². The molecule has 1 unspecified atom stereocenters. The Morgan fingerprint density at radius 2 is 1.74 bits per heavy atom. The molecule has 31 heavy (non-hydrogen) atoms. The maximum atomic E-state index is 13.2. The number of amides is 1. The molecule has 4 aromatic rings. The lowest BCUT2D eigenvalue weighted by molar-refractivity contribution is 0.0941. The van der Waals surface area contributed by atoms with E-state index in [1.54, 1.807) is 42.7 Å². The molecule has 0 saturated heterocycles. The summed E-state index contributed by atoms with van der Waals surface area (Å²) in [6.45, 7) is 1.86. The predicted octanol–water partition coefficient (Wildman–Crippen LogP) is 4.19. The summed E-state index contributed by atoms with van der Waals surface area (Å²) in [6, 6.07) is 19.2. The molecule has 6 nitrogen and oxygen atoms in total. The average molecular weight is 432 g/mol. The Kier molecular flexibility index (Phi) is 5.52. The standard InChI is InChI=1S/C24H21N3O3S/c1-16(17-9-11-19(12-10-17)31(2,29)30)26-24(28)21-14-23(18-6-5-13-25-15-18)27-22-8-4-3-7-20(21)22/h3-16H,1-2H3,(H,26,28). The third-order valence-electron chi connectivity index (χ3n) is 5.07. The van der Waals surface area contributed by atoms with Crippen LogP contribution in [0.4, 0.5) is 0 Å². The van der Waals surface area contributed by atoms with Crippen LogP contribution in [0.5, 0.6) is 0 Å². The van der Waals surface area contributed by atoms with E-state index in [-0.39, 0.29) is 16.8 Å². The minimum atomic E-state index is -3.27. The number of rotatable bonds is 5. The summed E-state index contributed by atoms with van der Waals surface area (Å²) >= 11 is 0. The van der Waals surface area contributed by atoms with Crippen LogP contribution in [-0.4, -0.2) is 30.5 Å². The molecule has 0 aliphatic rings. The SMILES string of the molecule is CC(NC(=O)c1cc(-c2cccnc2)nc2ccccc12)c1ccc(S(C)(=O)=O)cc1. The van der Waals surface area contributed by atoms with E-state index < -0.39 is 9.84 Å². The van der Waals surface area contributed by atoms with E-state index in [9.17, 15) is 13.2 Å². The van der Waals surface area contributed by atoms with Crippen molar-refractivity contribution >= 4 is 26.6 Å². The monoisotopic (exact) mass is 431 g/mol. The van der Waals surface area contributed by atoms with Crippen LogP contribution in [-0.2, 0) is 9.84 Å². The van der Waals surface area contributed by atoms with Gasteiger partial charge in [0.1, 0.15) is 0 Å². The quantitative estimate of drug-likeness (QED) is 0.512. The van der Waals surface area contributed by atoms with Gasteiger partial charge in [0.2, 0.25) is 0 Å². The smallest absolute Gasteiger partial charge is 0.252 e. The van der Waals surface area contributed by atoms with E-state index in [0.29, 0.717) is 11.3 Å². The Balaban J connectivity index is 1.67. The summed E-state index contributed by atoms with van der Waals surface area (Å²) in [5.41, 5.74) is 3.55. The van der Waals surface area contributed by atoms with E-state index in [0.717, 1.165) is 22.0 Å². The van der Waals surface area contributed by atoms with Crippen LogP contribution in [0.25, 0.3) is 22.2 Å². The van der Waals surface area contributed by atoms with Crippen molar-refractivity contribution in [1.82, 2.24) is 15.3 Å². The fourth-order valence-corrected chi connectivity index (χ4v) is 4.02. The number of aromatic nitrogens is 2. The van der Waals surface area contributed by atoms with Gasteiger partial charge >= 0.3 is 0 Å². The first kappa shape index (κ1) is 20.7. The van der Waals surface area contributed by atoms with Gasteiger partial charge in [0, 0.05) is 29.6 Å². The molecule has 7 heteroatoms. The van der Waals surface area contributed by atoms with Gasteiger partial charge in [0.25, 0.3) is 5.91 Å². The molecular formula is C24H21N3O3S. The van der Waals surface area contributed by atoms with Crippen molar-refractivity contribution in [3.8, 4) is 11.3 Å². The molecule has 1 N–H and O–H groups in total. The van der Waals surface area contributed by atoms with Crippen molar-refractivity contribution in [2.24, 2.45) is 0 Å². The molecule has 0 bridgehead atoms. The van der Waals surface area contributed by atoms with Gasteiger partial charge in [0.15, 0.2) is 9.84 Å². The van der Waals surface area contributed by atoms with Crippen LogP contribution in [0.15, 0.2) is 84.0 Å². The number of hydrogen-bond acceptors (Lipinski definition) is 5. The molecule has 1 amide bonds. The van der Waals surface area contributed by atoms with E-state index in [1.807, 2.05) is 43.3 Å². The molecule has 0 spiro atoms. The van der Waals surface area contributed by atoms with Crippen LogP contribution in [0.1, 0.15) is 28.9 Å². The van der Waals surface area contributed by atoms with Crippen molar-refractivity contribution in [1.29, 1.82) is 0 Å². The number of fused-ring (bicyclic) bond motifs is 1. The van der Waals surface area contributed by atoms with Gasteiger partial charge in [0.05, 0.1) is 27.7 Å². The Bertz CT molecular complexity index is 1350. The molecule has 0 radical (unpaired) electrons. The van der Waals surface area contributed by atoms with Crippen LogP contribution in [0.3, 0.4) is 0 Å². The highest BCUT2D eigenvalue weighted by Gasteiger charge is 2.17. The van der Waals surface area contributed by atoms with Crippen molar-refractivity contribution < 1.29 is 13.2 Å². The summed E-state index contributed by atoms with van der Waals surface area (Å²) < 4.78 is 23.3. The number of para-hydroxylation sites is 1. The van der Waals surface area contributed by atoms with E-state index in [4.69, 9.17) is 0 Å². The van der Waals surface area contributed by atoms with Crippen molar-refractivity contribution in [3.05, 3.63) is 90.3 Å². The molecule has 2 aromatic heterocycles. The Morgan fingerprint density at radius 1 is 1.00 bits per heavy atom. The average Bonchev–Trinajstić information content (AvgIpc) is 2.78. The lowest BCUT2D eigenvalue weighted by Gasteiger charge is -2.16. The zero-order valence-corrected chi connectivity index (χ0v) is 17.9. The number of carbonyl (C=O) groups is 1. The number of carbonyl (C=O) groups excluding carboxylic acids is 1. The second-order valence-corrected chi connectivity index (χ2v) is 9.37. The maximum absolute atomic E-state index is 13.2. The molecule has 0 aliphatic carbocycles. The van der Waals surface area contributed by atoms with Gasteiger partial charge in [-0.25, -0.2) is 13.4 Å². The molecule has 0 fully saturated rings. The first-order valence-corrected chi connectivity index (χ1v) is 11.6. The lowest BCUT2D eigenvalue weighted by Crippen LogP contribution is -2.27. The number of sulfone groups is 1. The van der Waals surface area contributed by atoms with E-state index >= 15 is 0 Å². The number of benzene rings is 2. The zero-order valence-electron chi connectivity index (χ0n) is 17.1. The van der Waals surface area contributed by atoms with Crippen LogP contribution in [0, 0.1) is 0 Å². The number of hydrogen-bond donors (Lipinski definition) is 1. The Morgan fingerprint density at radius 3 is 2.42 bits per heavy atom. The molecule has 2 aromatic carbocycles. The largest absolute Gasteiger partial charge is 0.345 e. The number of pyridine rings is 2. The Hall–Kier alpha value is -3.58. The number of nitrogens with zero attached hydrogens (tertiary/aromatic N) is 2. The molecule has 2 heterocycles. The second-order valence-electron chi connectivity index (χ2n) is 7.35. The Labute approximate surface area is 180 Å². The summed E-state index contributed by atoms with van der Waals surface area (Å²) in [5, 5.41) is 3.77. The van der Waals surface area contributed by atoms with E-state index in [1.165, 1.54) is 6.26 Å². The summed E-state index contributed by atoms with van der Waals surface area (Å²) in [6.07, 6.45) is 4.57. The summed E-state index contributed by atoms with van der Waals surface area (Å²) in [4.78, 5) is 22.3. The third-order valence-corrected chi connectivity index (χ3v) is 6.20. The topological polar surface area (TPSA) is 89.0 Å². The zero-order chi connectivity index (χ0) is 22.0. The fourth-order valence-electron chi connectivity index (χ4n) is 3.39.